The molecule has 0 saturated carbocycles. The van der Waals surface area contributed by atoms with E-state index in [0.717, 1.165) is 11.1 Å². The number of benzene rings is 1. The molecule has 1 aliphatic heterocycles. The molecule has 1 fully saturated rings. The van der Waals surface area contributed by atoms with Gasteiger partial charge in [-0.1, -0.05) is 29.8 Å². The summed E-state index contributed by atoms with van der Waals surface area (Å²) in [6.07, 6.45) is 0.490. The number of nitrogens with one attached hydrogen (secondary N) is 1. The van der Waals surface area contributed by atoms with Crippen LogP contribution in [0.25, 0.3) is 22.3 Å². The van der Waals surface area contributed by atoms with Crippen LogP contribution in [0.4, 0.5) is 0 Å². The van der Waals surface area contributed by atoms with E-state index in [4.69, 9.17) is 9.72 Å². The molecule has 1 amide bonds. The van der Waals surface area contributed by atoms with Crippen molar-refractivity contribution < 1.29 is 17.9 Å². The zero-order valence-electron chi connectivity index (χ0n) is 17.9. The smallest absolute Gasteiger partial charge is 0.252 e. The first kappa shape index (κ1) is 21.5. The third kappa shape index (κ3) is 4.33. The minimum Gasteiger partial charge on any atom is -0.383 e. The van der Waals surface area contributed by atoms with E-state index in [2.05, 4.69) is 10.4 Å². The normalized spacial score (nSPS) is 17.8. The van der Waals surface area contributed by atoms with E-state index in [1.54, 1.807) is 17.9 Å². The fourth-order valence-electron chi connectivity index (χ4n) is 3.95. The van der Waals surface area contributed by atoms with E-state index in [1.165, 1.54) is 0 Å². The highest BCUT2D eigenvalue weighted by molar-refractivity contribution is 7.91. The average Bonchev–Trinajstić information content (AvgIpc) is 3.27. The molecule has 1 N–H and O–H groups in total. The van der Waals surface area contributed by atoms with Gasteiger partial charge in [0.2, 0.25) is 0 Å². The number of pyridine rings is 1. The number of sulfone groups is 1. The lowest BCUT2D eigenvalue weighted by atomic mass is 10.0. The highest BCUT2D eigenvalue weighted by atomic mass is 32.2. The minimum atomic E-state index is -3.09. The summed E-state index contributed by atoms with van der Waals surface area (Å²) in [5.74, 6) is -0.0609. The number of aryl methyl sites for hydroxylation is 2. The number of hydrogen-bond acceptors (Lipinski definition) is 6. The van der Waals surface area contributed by atoms with E-state index in [9.17, 15) is 13.2 Å². The molecule has 0 radical (unpaired) electrons. The number of aromatic nitrogens is 3. The van der Waals surface area contributed by atoms with Gasteiger partial charge < -0.3 is 10.1 Å². The van der Waals surface area contributed by atoms with Crippen LogP contribution in [0.5, 0.6) is 0 Å². The topological polar surface area (TPSA) is 103 Å². The Kier molecular flexibility index (Phi) is 5.81. The van der Waals surface area contributed by atoms with Crippen LogP contribution in [0.15, 0.2) is 30.3 Å². The zero-order valence-corrected chi connectivity index (χ0v) is 18.7. The van der Waals surface area contributed by atoms with Crippen molar-refractivity contribution >= 4 is 26.8 Å². The number of carbonyl (C=O) groups is 1. The summed E-state index contributed by atoms with van der Waals surface area (Å²) in [5.41, 5.74) is 4.31. The summed E-state index contributed by atoms with van der Waals surface area (Å²) >= 11 is 0. The first-order chi connectivity index (χ1) is 14.8. The first-order valence-corrected chi connectivity index (χ1v) is 12.1. The number of nitrogens with zero attached hydrogens (tertiary/aromatic N) is 3. The van der Waals surface area contributed by atoms with Gasteiger partial charge in [-0.15, -0.1) is 0 Å². The fraction of sp³-hybridized carbons (Fsp3) is 0.409. The summed E-state index contributed by atoms with van der Waals surface area (Å²) < 4.78 is 30.9. The summed E-state index contributed by atoms with van der Waals surface area (Å²) in [7, 11) is -1.51. The molecule has 164 valence electrons. The monoisotopic (exact) mass is 442 g/mol. The Hall–Kier alpha value is -2.78. The van der Waals surface area contributed by atoms with Crippen LogP contribution in [-0.4, -0.2) is 60.9 Å². The predicted molar refractivity (Wildman–Crippen MR) is 119 cm³/mol. The molecule has 4 rings (SSSR count). The van der Waals surface area contributed by atoms with Gasteiger partial charge in [-0.2, -0.15) is 5.10 Å². The predicted octanol–water partition coefficient (Wildman–Crippen LogP) is 2.45. The second-order valence-electron chi connectivity index (χ2n) is 7.96. The van der Waals surface area contributed by atoms with Crippen molar-refractivity contribution in [2.24, 2.45) is 0 Å². The van der Waals surface area contributed by atoms with Gasteiger partial charge in [-0.3, -0.25) is 4.79 Å². The number of fused-ring (bicyclic) bond motifs is 1. The molecule has 3 aromatic rings. The zero-order chi connectivity index (χ0) is 22.2. The molecule has 0 aliphatic carbocycles. The lowest BCUT2D eigenvalue weighted by molar-refractivity contribution is 0.0938. The third-order valence-corrected chi connectivity index (χ3v) is 7.33. The summed E-state index contributed by atoms with van der Waals surface area (Å²) in [6.45, 7) is 4.62. The summed E-state index contributed by atoms with van der Waals surface area (Å²) in [6, 6.07) is 9.40. The largest absolute Gasteiger partial charge is 0.383 e. The quantitative estimate of drug-likeness (QED) is 0.588. The molecule has 8 nitrogen and oxygen atoms in total. The van der Waals surface area contributed by atoms with E-state index < -0.39 is 9.84 Å². The van der Waals surface area contributed by atoms with Crippen LogP contribution < -0.4 is 5.32 Å². The number of hydrogen-bond donors (Lipinski definition) is 1. The molecule has 0 bridgehead atoms. The number of carbonyl (C=O) groups excluding carboxylic acids is 1. The lowest BCUT2D eigenvalue weighted by Gasteiger charge is -2.12. The van der Waals surface area contributed by atoms with Crippen molar-refractivity contribution in [2.45, 2.75) is 26.3 Å². The highest BCUT2D eigenvalue weighted by Crippen LogP contribution is 2.32. The van der Waals surface area contributed by atoms with Gasteiger partial charge in [0.05, 0.1) is 46.5 Å². The molecule has 9 heteroatoms. The number of methoxy groups -OCH3 is 1. The van der Waals surface area contributed by atoms with Gasteiger partial charge in [-0.05, 0) is 26.3 Å². The van der Waals surface area contributed by atoms with Gasteiger partial charge in [0, 0.05) is 19.2 Å². The fourth-order valence-corrected chi connectivity index (χ4v) is 5.64. The molecule has 1 unspecified atom stereocenters. The minimum absolute atomic E-state index is 0.0367. The molecule has 2 aromatic heterocycles. The molecule has 0 spiro atoms. The molecular formula is C22H26N4O4S. The molecule has 1 aromatic carbocycles. The first-order valence-electron chi connectivity index (χ1n) is 10.2. The van der Waals surface area contributed by atoms with Crippen LogP contribution in [0.1, 0.15) is 34.1 Å². The maximum atomic E-state index is 13.0. The van der Waals surface area contributed by atoms with Gasteiger partial charge in [-0.25, -0.2) is 18.1 Å². The Labute approximate surface area is 181 Å². The van der Waals surface area contributed by atoms with Crippen LogP contribution in [0.2, 0.25) is 0 Å². The van der Waals surface area contributed by atoms with Crippen molar-refractivity contribution in [1.29, 1.82) is 0 Å². The standard InChI is InChI=1S/C22H26N4O4S/c1-14-4-6-16(7-5-14)19-12-18(22(27)23-9-10-30-3)20-15(2)25-26(21(20)24-19)17-8-11-31(28,29)13-17/h4-7,12,17H,8-11,13H2,1-3H3,(H,23,27). The second-order valence-corrected chi connectivity index (χ2v) is 10.2. The molecule has 1 atom stereocenters. The van der Waals surface area contributed by atoms with Gasteiger partial charge in [0.25, 0.3) is 5.91 Å². The van der Waals surface area contributed by atoms with Crippen molar-refractivity contribution in [1.82, 2.24) is 20.1 Å². The SMILES string of the molecule is COCCNC(=O)c1cc(-c2ccc(C)cc2)nc2c1c(C)nn2C1CCS(=O)(=O)C1. The van der Waals surface area contributed by atoms with Crippen LogP contribution in [0.3, 0.4) is 0 Å². The Morgan fingerprint density at radius 2 is 2.00 bits per heavy atom. The molecule has 31 heavy (non-hydrogen) atoms. The number of ether oxygens (including phenoxy) is 1. The Morgan fingerprint density at radius 1 is 1.26 bits per heavy atom. The Morgan fingerprint density at radius 3 is 2.65 bits per heavy atom. The maximum Gasteiger partial charge on any atom is 0.252 e. The van der Waals surface area contributed by atoms with Gasteiger partial charge in [0.15, 0.2) is 15.5 Å². The Balaban J connectivity index is 1.88. The third-order valence-electron chi connectivity index (χ3n) is 5.57. The molecular weight excluding hydrogens is 416 g/mol. The van der Waals surface area contributed by atoms with Crippen LogP contribution in [-0.2, 0) is 14.6 Å². The average molecular weight is 443 g/mol. The lowest BCUT2D eigenvalue weighted by Crippen LogP contribution is -2.27. The molecule has 1 saturated heterocycles. The van der Waals surface area contributed by atoms with E-state index in [-0.39, 0.29) is 23.5 Å². The highest BCUT2D eigenvalue weighted by Gasteiger charge is 2.32. The summed E-state index contributed by atoms with van der Waals surface area (Å²) in [4.78, 5) is 17.9. The van der Waals surface area contributed by atoms with E-state index in [1.807, 2.05) is 38.1 Å². The molecule has 1 aliphatic rings. The van der Waals surface area contributed by atoms with Crippen LogP contribution in [0, 0.1) is 13.8 Å². The van der Waals surface area contributed by atoms with Crippen LogP contribution >= 0.6 is 0 Å². The Bertz CT molecular complexity index is 1230. The van der Waals surface area contributed by atoms with Crippen molar-refractivity contribution in [3.8, 4) is 11.3 Å². The maximum absolute atomic E-state index is 13.0. The second kappa shape index (κ2) is 8.39. The van der Waals surface area contributed by atoms with Crippen molar-refractivity contribution in [2.75, 3.05) is 31.8 Å². The van der Waals surface area contributed by atoms with E-state index in [0.29, 0.717) is 47.6 Å². The summed E-state index contributed by atoms with van der Waals surface area (Å²) in [5, 5.41) is 8.13. The number of amides is 1. The van der Waals surface area contributed by atoms with Crippen molar-refractivity contribution in [3.05, 3.63) is 47.2 Å². The number of rotatable bonds is 6. The molecule has 3 heterocycles. The van der Waals surface area contributed by atoms with Gasteiger partial charge >= 0.3 is 0 Å². The van der Waals surface area contributed by atoms with E-state index >= 15 is 0 Å². The van der Waals surface area contributed by atoms with Gasteiger partial charge in [0.1, 0.15) is 0 Å². The van der Waals surface area contributed by atoms with Crippen molar-refractivity contribution in [3.63, 3.8) is 0 Å².